The summed E-state index contributed by atoms with van der Waals surface area (Å²) in [5, 5.41) is 0.962. The smallest absolute Gasteiger partial charge is 0.266 e. The summed E-state index contributed by atoms with van der Waals surface area (Å²) in [6.45, 7) is 0. The Morgan fingerprint density at radius 3 is 2.62 bits per heavy atom. The normalized spacial score (nSPS) is 11.0. The van der Waals surface area contributed by atoms with E-state index in [1.165, 1.54) is 0 Å². The van der Waals surface area contributed by atoms with Crippen molar-refractivity contribution in [2.24, 2.45) is 0 Å². The van der Waals surface area contributed by atoms with Crippen LogP contribution in [0.25, 0.3) is 11.1 Å². The van der Waals surface area contributed by atoms with E-state index in [1.807, 2.05) is 0 Å². The van der Waals surface area contributed by atoms with Crippen molar-refractivity contribution in [3.8, 4) is 0 Å². The third-order valence-corrected chi connectivity index (χ3v) is 3.00. The van der Waals surface area contributed by atoms with E-state index in [0.29, 0.717) is 26.2 Å². The third-order valence-electron chi connectivity index (χ3n) is 1.56. The van der Waals surface area contributed by atoms with E-state index in [9.17, 15) is 0 Å². The van der Waals surface area contributed by atoms with Crippen molar-refractivity contribution in [1.82, 2.24) is 4.98 Å². The van der Waals surface area contributed by atoms with Crippen LogP contribution in [0.3, 0.4) is 0 Å². The number of benzene rings is 1. The van der Waals surface area contributed by atoms with E-state index < -0.39 is 0 Å². The molecule has 0 aliphatic heterocycles. The van der Waals surface area contributed by atoms with Gasteiger partial charge in [-0.1, -0.05) is 34.8 Å². The summed E-state index contributed by atoms with van der Waals surface area (Å²) in [4.78, 5) is 3.01. The van der Waals surface area contributed by atoms with Gasteiger partial charge < -0.3 is 9.40 Å². The maximum Gasteiger partial charge on any atom is 0.266 e. The standard InChI is InChI=1S/C7H2Cl3NOS/c8-2-1-3-6(5(10)4(2)9)11-7(13)12-3/h1H,(H,11,13). The summed E-state index contributed by atoms with van der Waals surface area (Å²) >= 11 is 22.3. The van der Waals surface area contributed by atoms with Crippen LogP contribution in [0.15, 0.2) is 10.5 Å². The predicted molar refractivity (Wildman–Crippen MR) is 56.4 cm³/mol. The van der Waals surface area contributed by atoms with E-state index >= 15 is 0 Å². The number of halogens is 3. The lowest BCUT2D eigenvalue weighted by molar-refractivity contribution is 0.583. The number of aromatic nitrogens is 1. The number of nitrogens with one attached hydrogen (secondary N) is 1. The van der Waals surface area contributed by atoms with Gasteiger partial charge in [0.05, 0.1) is 15.1 Å². The van der Waals surface area contributed by atoms with Crippen molar-refractivity contribution in [2.45, 2.75) is 0 Å². The van der Waals surface area contributed by atoms with Gasteiger partial charge in [0.15, 0.2) is 5.58 Å². The lowest BCUT2D eigenvalue weighted by Gasteiger charge is -1.97. The fourth-order valence-corrected chi connectivity index (χ4v) is 1.82. The van der Waals surface area contributed by atoms with Crippen molar-refractivity contribution < 1.29 is 4.42 Å². The minimum absolute atomic E-state index is 0.246. The van der Waals surface area contributed by atoms with Crippen molar-refractivity contribution in [3.05, 3.63) is 26.0 Å². The largest absolute Gasteiger partial charge is 0.429 e. The summed E-state index contributed by atoms with van der Waals surface area (Å²) in [6, 6.07) is 1.57. The Balaban J connectivity index is 3.00. The molecule has 2 nitrogen and oxygen atoms in total. The number of oxazole rings is 1. The van der Waals surface area contributed by atoms with Crippen LogP contribution in [0.5, 0.6) is 0 Å². The molecule has 6 heteroatoms. The Morgan fingerprint density at radius 2 is 1.92 bits per heavy atom. The zero-order chi connectivity index (χ0) is 9.59. The van der Waals surface area contributed by atoms with E-state index in [-0.39, 0.29) is 4.84 Å². The van der Waals surface area contributed by atoms with Crippen LogP contribution >= 0.6 is 47.0 Å². The van der Waals surface area contributed by atoms with Crippen LogP contribution < -0.4 is 0 Å². The third kappa shape index (κ3) is 1.46. The van der Waals surface area contributed by atoms with E-state index in [0.717, 1.165) is 0 Å². The zero-order valence-corrected chi connectivity index (χ0v) is 9.11. The first-order chi connectivity index (χ1) is 6.09. The van der Waals surface area contributed by atoms with E-state index in [1.54, 1.807) is 6.07 Å². The minimum Gasteiger partial charge on any atom is -0.429 e. The van der Waals surface area contributed by atoms with Crippen molar-refractivity contribution >= 4 is 58.1 Å². The second kappa shape index (κ2) is 3.17. The van der Waals surface area contributed by atoms with Crippen molar-refractivity contribution in [1.29, 1.82) is 0 Å². The molecule has 0 amide bonds. The van der Waals surface area contributed by atoms with Crippen LogP contribution in [0, 0.1) is 4.84 Å². The minimum atomic E-state index is 0.246. The Hall–Kier alpha value is -0.220. The zero-order valence-electron chi connectivity index (χ0n) is 6.03. The summed E-state index contributed by atoms with van der Waals surface area (Å²) in [5.41, 5.74) is 1.07. The Morgan fingerprint density at radius 1 is 1.23 bits per heavy atom. The van der Waals surface area contributed by atoms with Gasteiger partial charge in [0.2, 0.25) is 0 Å². The Bertz CT molecular complexity index is 530. The molecule has 0 aliphatic carbocycles. The molecular weight excluding hydrogens is 253 g/mol. The quantitative estimate of drug-likeness (QED) is 0.556. The van der Waals surface area contributed by atoms with Crippen LogP contribution in [0.4, 0.5) is 0 Å². The molecule has 2 rings (SSSR count). The molecule has 0 radical (unpaired) electrons. The number of fused-ring (bicyclic) bond motifs is 1. The van der Waals surface area contributed by atoms with Gasteiger partial charge >= 0.3 is 0 Å². The van der Waals surface area contributed by atoms with Gasteiger partial charge in [-0.25, -0.2) is 0 Å². The molecule has 0 saturated heterocycles. The molecule has 0 atom stereocenters. The first-order valence-corrected chi connectivity index (χ1v) is 4.80. The van der Waals surface area contributed by atoms with Crippen molar-refractivity contribution in [3.63, 3.8) is 0 Å². The van der Waals surface area contributed by atoms with E-state index in [4.69, 9.17) is 51.4 Å². The molecule has 68 valence electrons. The molecule has 0 unspecified atom stereocenters. The number of hydrogen-bond donors (Lipinski definition) is 1. The predicted octanol–water partition coefficient (Wildman–Crippen LogP) is 4.45. The molecule has 0 spiro atoms. The maximum absolute atomic E-state index is 5.89. The van der Waals surface area contributed by atoms with Gasteiger partial charge in [0, 0.05) is 6.07 Å². The number of aromatic amines is 1. The highest BCUT2D eigenvalue weighted by Crippen LogP contribution is 2.36. The Labute approximate surface area is 93.4 Å². The molecule has 0 fully saturated rings. The maximum atomic E-state index is 5.89. The van der Waals surface area contributed by atoms with Crippen molar-refractivity contribution in [2.75, 3.05) is 0 Å². The van der Waals surface area contributed by atoms with Gasteiger partial charge in [0.1, 0.15) is 5.52 Å². The number of rotatable bonds is 0. The molecule has 0 bridgehead atoms. The second-order valence-electron chi connectivity index (χ2n) is 2.37. The van der Waals surface area contributed by atoms with Crippen LogP contribution in [0.2, 0.25) is 15.1 Å². The van der Waals surface area contributed by atoms with Gasteiger partial charge in [0.25, 0.3) is 4.84 Å². The molecule has 2 aromatic rings. The number of hydrogen-bond acceptors (Lipinski definition) is 2. The summed E-state index contributed by atoms with van der Waals surface area (Å²) in [7, 11) is 0. The molecular formula is C7H2Cl3NOS. The highest BCUT2D eigenvalue weighted by molar-refractivity contribution is 7.71. The molecule has 1 aromatic heterocycles. The van der Waals surface area contributed by atoms with Crippen LogP contribution in [-0.2, 0) is 0 Å². The molecule has 1 aromatic carbocycles. The lowest BCUT2D eigenvalue weighted by atomic mass is 10.3. The summed E-state index contributed by atoms with van der Waals surface area (Å²) < 4.78 is 5.12. The fraction of sp³-hybridized carbons (Fsp3) is 0. The van der Waals surface area contributed by atoms with Crippen LogP contribution in [-0.4, -0.2) is 4.98 Å². The SMILES string of the molecule is S=c1[nH]c2c(Cl)c(Cl)c(Cl)cc2o1. The highest BCUT2D eigenvalue weighted by Gasteiger charge is 2.11. The Kier molecular flexibility index (Phi) is 2.28. The van der Waals surface area contributed by atoms with Crippen LogP contribution in [0.1, 0.15) is 0 Å². The van der Waals surface area contributed by atoms with Gasteiger partial charge in [-0.3, -0.25) is 0 Å². The fourth-order valence-electron chi connectivity index (χ4n) is 0.998. The molecule has 1 heterocycles. The first-order valence-electron chi connectivity index (χ1n) is 3.26. The highest BCUT2D eigenvalue weighted by atomic mass is 35.5. The lowest BCUT2D eigenvalue weighted by Crippen LogP contribution is -1.75. The summed E-state index contributed by atoms with van der Waals surface area (Å²) in [6.07, 6.45) is 0. The first kappa shape index (κ1) is 9.34. The molecule has 0 saturated carbocycles. The average Bonchev–Trinajstić information content (AvgIpc) is 2.42. The monoisotopic (exact) mass is 253 g/mol. The average molecular weight is 255 g/mol. The topological polar surface area (TPSA) is 28.9 Å². The summed E-state index contributed by atoms with van der Waals surface area (Å²) in [5.74, 6) is 0. The molecule has 1 N–H and O–H groups in total. The van der Waals surface area contributed by atoms with Gasteiger partial charge in [-0.05, 0) is 12.2 Å². The van der Waals surface area contributed by atoms with Gasteiger partial charge in [-0.15, -0.1) is 0 Å². The molecule has 13 heavy (non-hydrogen) atoms. The second-order valence-corrected chi connectivity index (χ2v) is 3.91. The molecule has 0 aliphatic rings. The van der Waals surface area contributed by atoms with Gasteiger partial charge in [-0.2, -0.15) is 0 Å². The van der Waals surface area contributed by atoms with E-state index in [2.05, 4.69) is 4.98 Å². The number of H-pyrrole nitrogens is 1.